The highest BCUT2D eigenvalue weighted by molar-refractivity contribution is 7.16. The van der Waals surface area contributed by atoms with Gasteiger partial charge in [-0.25, -0.2) is 4.98 Å². The molecule has 0 amide bonds. The van der Waals surface area contributed by atoms with Crippen molar-refractivity contribution in [1.29, 1.82) is 0 Å². The predicted octanol–water partition coefficient (Wildman–Crippen LogP) is 3.42. The molecule has 0 fully saturated rings. The highest BCUT2D eigenvalue weighted by Crippen LogP contribution is 2.42. The van der Waals surface area contributed by atoms with Gasteiger partial charge in [-0.3, -0.25) is 0 Å². The van der Waals surface area contributed by atoms with E-state index < -0.39 is 0 Å². The molecule has 1 atom stereocenters. The Labute approximate surface area is 122 Å². The summed E-state index contributed by atoms with van der Waals surface area (Å²) in [6.45, 7) is 6.62. The molecule has 5 heteroatoms. The van der Waals surface area contributed by atoms with Crippen LogP contribution < -0.4 is 15.2 Å². The first-order valence-electron chi connectivity index (χ1n) is 6.78. The van der Waals surface area contributed by atoms with Crippen molar-refractivity contribution in [3.63, 3.8) is 0 Å². The molecule has 1 aromatic carbocycles. The van der Waals surface area contributed by atoms with Gasteiger partial charge in [-0.2, -0.15) is 0 Å². The Morgan fingerprint density at radius 2 is 2.30 bits per heavy atom. The van der Waals surface area contributed by atoms with E-state index in [2.05, 4.69) is 18.0 Å². The van der Waals surface area contributed by atoms with Crippen molar-refractivity contribution in [3.8, 4) is 22.8 Å². The maximum atomic E-state index is 6.07. The Kier molecular flexibility index (Phi) is 3.30. The van der Waals surface area contributed by atoms with Crippen LogP contribution in [-0.2, 0) is 6.42 Å². The molecule has 1 aliphatic heterocycles. The monoisotopic (exact) mass is 290 g/mol. The highest BCUT2D eigenvalue weighted by Gasteiger charge is 2.24. The molecule has 2 aromatic rings. The van der Waals surface area contributed by atoms with E-state index in [1.807, 2.05) is 19.9 Å². The van der Waals surface area contributed by atoms with Gasteiger partial charge in [0, 0.05) is 17.5 Å². The number of fused-ring (bicyclic) bond motifs is 1. The maximum absolute atomic E-state index is 6.07. The molecule has 0 spiro atoms. The molecule has 2 N–H and O–H groups in total. The fourth-order valence-corrected chi connectivity index (χ4v) is 3.24. The fourth-order valence-electron chi connectivity index (χ4n) is 2.54. The van der Waals surface area contributed by atoms with Gasteiger partial charge in [0.2, 0.25) is 0 Å². The Hall–Kier alpha value is -1.75. The molecule has 1 aliphatic rings. The lowest BCUT2D eigenvalue weighted by molar-refractivity contribution is 0.254. The molecule has 0 bridgehead atoms. The van der Waals surface area contributed by atoms with Gasteiger partial charge in [-0.1, -0.05) is 0 Å². The largest absolute Gasteiger partial charge is 0.493 e. The third-order valence-electron chi connectivity index (χ3n) is 3.31. The molecule has 20 heavy (non-hydrogen) atoms. The number of nitrogens with zero attached hydrogens (tertiary/aromatic N) is 1. The van der Waals surface area contributed by atoms with Crippen molar-refractivity contribution in [3.05, 3.63) is 22.7 Å². The molecule has 1 unspecified atom stereocenters. The topological polar surface area (TPSA) is 57.4 Å². The second-order valence-corrected chi connectivity index (χ2v) is 6.20. The number of hydrogen-bond acceptors (Lipinski definition) is 5. The summed E-state index contributed by atoms with van der Waals surface area (Å²) in [5.41, 5.74) is 8.97. The van der Waals surface area contributed by atoms with Gasteiger partial charge >= 0.3 is 0 Å². The number of nitrogen functional groups attached to an aromatic ring is 1. The second-order valence-electron chi connectivity index (χ2n) is 4.97. The lowest BCUT2D eigenvalue weighted by Gasteiger charge is -2.11. The lowest BCUT2D eigenvalue weighted by atomic mass is 10.0. The Bertz CT molecular complexity index is 652. The number of aryl methyl sites for hydroxylation is 1. The number of hydrogen-bond donors (Lipinski definition) is 1. The number of anilines is 1. The van der Waals surface area contributed by atoms with Gasteiger partial charge in [0.25, 0.3) is 0 Å². The first-order chi connectivity index (χ1) is 9.58. The predicted molar refractivity (Wildman–Crippen MR) is 81.7 cm³/mol. The fraction of sp³-hybridized carbons (Fsp3) is 0.400. The average molecular weight is 290 g/mol. The van der Waals surface area contributed by atoms with Gasteiger partial charge in [-0.15, -0.1) is 11.3 Å². The van der Waals surface area contributed by atoms with Crippen LogP contribution in [0, 0.1) is 6.92 Å². The van der Waals surface area contributed by atoms with Crippen LogP contribution in [0.5, 0.6) is 11.5 Å². The summed E-state index contributed by atoms with van der Waals surface area (Å²) in [7, 11) is 0. The summed E-state index contributed by atoms with van der Waals surface area (Å²) in [6.07, 6.45) is 1.13. The number of ether oxygens (including phenoxy) is 2. The van der Waals surface area contributed by atoms with Crippen molar-refractivity contribution in [1.82, 2.24) is 4.98 Å². The minimum atomic E-state index is 0.212. The summed E-state index contributed by atoms with van der Waals surface area (Å²) < 4.78 is 11.6. The first-order valence-corrected chi connectivity index (χ1v) is 7.59. The molecule has 0 aliphatic carbocycles. The standard InChI is InChI=1S/C15H18N2O2S/c1-4-18-13-6-10-5-8(2)19-12(10)7-11(13)14-15(16)20-9(3)17-14/h6-8H,4-5,16H2,1-3H3. The van der Waals surface area contributed by atoms with E-state index in [1.54, 1.807) is 0 Å². The summed E-state index contributed by atoms with van der Waals surface area (Å²) in [4.78, 5) is 4.53. The zero-order valence-electron chi connectivity index (χ0n) is 11.9. The highest BCUT2D eigenvalue weighted by atomic mass is 32.1. The summed E-state index contributed by atoms with van der Waals surface area (Å²) in [5.74, 6) is 1.75. The quantitative estimate of drug-likeness (QED) is 0.941. The number of benzene rings is 1. The van der Waals surface area contributed by atoms with E-state index in [4.69, 9.17) is 15.2 Å². The van der Waals surface area contributed by atoms with Gasteiger partial charge < -0.3 is 15.2 Å². The molecule has 3 rings (SSSR count). The van der Waals surface area contributed by atoms with Crippen molar-refractivity contribution >= 4 is 16.3 Å². The van der Waals surface area contributed by atoms with Crippen molar-refractivity contribution in [2.45, 2.75) is 33.3 Å². The maximum Gasteiger partial charge on any atom is 0.129 e. The molecule has 0 saturated carbocycles. The summed E-state index contributed by atoms with van der Waals surface area (Å²) in [5, 5.41) is 1.67. The number of rotatable bonds is 3. The minimum absolute atomic E-state index is 0.212. The normalized spacial score (nSPS) is 16.9. The van der Waals surface area contributed by atoms with E-state index >= 15 is 0 Å². The van der Waals surface area contributed by atoms with Crippen molar-refractivity contribution in [2.75, 3.05) is 12.3 Å². The van der Waals surface area contributed by atoms with E-state index in [1.165, 1.54) is 16.9 Å². The van der Waals surface area contributed by atoms with E-state index in [0.717, 1.165) is 39.2 Å². The molecule has 4 nitrogen and oxygen atoms in total. The molecular formula is C15H18N2O2S. The third-order valence-corrected chi connectivity index (χ3v) is 4.11. The number of nitrogens with two attached hydrogens (primary N) is 1. The molecule has 0 radical (unpaired) electrons. The van der Waals surface area contributed by atoms with Crippen LogP contribution in [0.25, 0.3) is 11.3 Å². The zero-order valence-corrected chi connectivity index (χ0v) is 12.7. The van der Waals surface area contributed by atoms with Crippen LogP contribution in [0.1, 0.15) is 24.4 Å². The van der Waals surface area contributed by atoms with E-state index in [9.17, 15) is 0 Å². The van der Waals surface area contributed by atoms with Gasteiger partial charge in [0.15, 0.2) is 0 Å². The van der Waals surface area contributed by atoms with Crippen LogP contribution in [0.2, 0.25) is 0 Å². The average Bonchev–Trinajstić information content (AvgIpc) is 2.89. The molecule has 0 saturated heterocycles. The summed E-state index contributed by atoms with van der Waals surface area (Å²) in [6, 6.07) is 4.07. The number of aromatic nitrogens is 1. The van der Waals surface area contributed by atoms with Gasteiger partial charge in [0.1, 0.15) is 28.3 Å². The number of thiazole rings is 1. The van der Waals surface area contributed by atoms with Gasteiger partial charge in [0.05, 0.1) is 11.6 Å². The lowest BCUT2D eigenvalue weighted by Crippen LogP contribution is -2.05. The van der Waals surface area contributed by atoms with Crippen molar-refractivity contribution in [2.24, 2.45) is 0 Å². The first kappa shape index (κ1) is 13.2. The molecule has 1 aromatic heterocycles. The van der Waals surface area contributed by atoms with Crippen LogP contribution in [0.3, 0.4) is 0 Å². The smallest absolute Gasteiger partial charge is 0.129 e. The zero-order chi connectivity index (χ0) is 14.3. The third kappa shape index (κ3) is 2.22. The minimum Gasteiger partial charge on any atom is -0.493 e. The van der Waals surface area contributed by atoms with Crippen LogP contribution >= 0.6 is 11.3 Å². The Morgan fingerprint density at radius 1 is 1.50 bits per heavy atom. The van der Waals surface area contributed by atoms with Gasteiger partial charge in [-0.05, 0) is 32.9 Å². The van der Waals surface area contributed by atoms with Crippen LogP contribution in [-0.4, -0.2) is 17.7 Å². The second kappa shape index (κ2) is 4.98. The van der Waals surface area contributed by atoms with Crippen LogP contribution in [0.15, 0.2) is 12.1 Å². The van der Waals surface area contributed by atoms with Crippen LogP contribution in [0.4, 0.5) is 5.00 Å². The van der Waals surface area contributed by atoms with E-state index in [0.29, 0.717) is 6.61 Å². The summed E-state index contributed by atoms with van der Waals surface area (Å²) >= 11 is 1.49. The van der Waals surface area contributed by atoms with Crippen molar-refractivity contribution < 1.29 is 9.47 Å². The molecule has 2 heterocycles. The van der Waals surface area contributed by atoms with E-state index in [-0.39, 0.29) is 6.10 Å². The SMILES string of the molecule is CCOc1cc2c(cc1-c1nc(C)sc1N)OC(C)C2. The Balaban J connectivity index is 2.14. The molecule has 106 valence electrons. The Morgan fingerprint density at radius 3 is 2.95 bits per heavy atom. The molecular weight excluding hydrogens is 272 g/mol.